The number of benzene rings is 1. The van der Waals surface area contributed by atoms with E-state index in [0.29, 0.717) is 19.1 Å². The SMILES string of the molecule is COCCCN=C(NN)NC(C)Cc1ccc(F)cc1. The van der Waals surface area contributed by atoms with Crippen molar-refractivity contribution in [2.75, 3.05) is 20.3 Å². The second-order valence-corrected chi connectivity index (χ2v) is 4.60. The van der Waals surface area contributed by atoms with Crippen LogP contribution in [0.5, 0.6) is 0 Å². The maximum absolute atomic E-state index is 12.8. The molecule has 1 aromatic rings. The average molecular weight is 282 g/mol. The van der Waals surface area contributed by atoms with Crippen LogP contribution in [-0.2, 0) is 11.2 Å². The van der Waals surface area contributed by atoms with Crippen LogP contribution in [0.15, 0.2) is 29.3 Å². The Hall–Kier alpha value is -1.66. The number of halogens is 1. The monoisotopic (exact) mass is 282 g/mol. The Balaban J connectivity index is 2.42. The molecule has 5 nitrogen and oxygen atoms in total. The van der Waals surface area contributed by atoms with Crippen LogP contribution < -0.4 is 16.6 Å². The first kappa shape index (κ1) is 16.4. The lowest BCUT2D eigenvalue weighted by Gasteiger charge is -2.16. The lowest BCUT2D eigenvalue weighted by molar-refractivity contribution is 0.197. The van der Waals surface area contributed by atoms with Gasteiger partial charge in [0.05, 0.1) is 0 Å². The van der Waals surface area contributed by atoms with Crippen molar-refractivity contribution in [2.45, 2.75) is 25.8 Å². The third-order valence-corrected chi connectivity index (χ3v) is 2.75. The second kappa shape index (κ2) is 9.28. The van der Waals surface area contributed by atoms with Crippen LogP contribution in [0.3, 0.4) is 0 Å². The van der Waals surface area contributed by atoms with Gasteiger partial charge >= 0.3 is 0 Å². The van der Waals surface area contributed by atoms with Crippen molar-refractivity contribution < 1.29 is 9.13 Å². The summed E-state index contributed by atoms with van der Waals surface area (Å²) in [6.07, 6.45) is 1.61. The van der Waals surface area contributed by atoms with Gasteiger partial charge in [-0.05, 0) is 37.5 Å². The Labute approximate surface area is 119 Å². The van der Waals surface area contributed by atoms with E-state index in [2.05, 4.69) is 15.7 Å². The van der Waals surface area contributed by atoms with Gasteiger partial charge in [0, 0.05) is 26.3 Å². The summed E-state index contributed by atoms with van der Waals surface area (Å²) in [4.78, 5) is 4.30. The van der Waals surface area contributed by atoms with Crippen LogP contribution in [0.25, 0.3) is 0 Å². The first-order valence-corrected chi connectivity index (χ1v) is 6.66. The fraction of sp³-hybridized carbons (Fsp3) is 0.500. The highest BCUT2D eigenvalue weighted by Gasteiger charge is 2.06. The highest BCUT2D eigenvalue weighted by Crippen LogP contribution is 2.05. The van der Waals surface area contributed by atoms with Gasteiger partial charge in [0.25, 0.3) is 0 Å². The Kier molecular flexibility index (Phi) is 7.60. The Morgan fingerprint density at radius 2 is 2.10 bits per heavy atom. The first-order chi connectivity index (χ1) is 9.65. The predicted molar refractivity (Wildman–Crippen MR) is 78.8 cm³/mol. The number of guanidine groups is 1. The summed E-state index contributed by atoms with van der Waals surface area (Å²) in [5, 5.41) is 3.19. The van der Waals surface area contributed by atoms with Crippen molar-refractivity contribution >= 4 is 5.96 Å². The summed E-state index contributed by atoms with van der Waals surface area (Å²) in [6.45, 7) is 3.33. The summed E-state index contributed by atoms with van der Waals surface area (Å²) < 4.78 is 17.8. The zero-order valence-corrected chi connectivity index (χ0v) is 12.0. The summed E-state index contributed by atoms with van der Waals surface area (Å²) in [5.41, 5.74) is 3.60. The minimum absolute atomic E-state index is 0.137. The van der Waals surface area contributed by atoms with Gasteiger partial charge in [-0.3, -0.25) is 10.4 Å². The van der Waals surface area contributed by atoms with Crippen LogP contribution in [0, 0.1) is 5.82 Å². The maximum atomic E-state index is 12.8. The normalized spacial score (nSPS) is 13.1. The molecule has 0 aliphatic rings. The average Bonchev–Trinajstić information content (AvgIpc) is 2.44. The summed E-state index contributed by atoms with van der Waals surface area (Å²) in [7, 11) is 1.66. The van der Waals surface area contributed by atoms with E-state index in [1.165, 1.54) is 12.1 Å². The van der Waals surface area contributed by atoms with Crippen LogP contribution in [0.4, 0.5) is 4.39 Å². The molecule has 1 atom stereocenters. The van der Waals surface area contributed by atoms with E-state index >= 15 is 0 Å². The quantitative estimate of drug-likeness (QED) is 0.231. The molecule has 20 heavy (non-hydrogen) atoms. The first-order valence-electron chi connectivity index (χ1n) is 6.66. The Morgan fingerprint density at radius 3 is 2.70 bits per heavy atom. The van der Waals surface area contributed by atoms with E-state index in [-0.39, 0.29) is 11.9 Å². The molecule has 4 N–H and O–H groups in total. The van der Waals surface area contributed by atoms with E-state index in [1.807, 2.05) is 6.92 Å². The summed E-state index contributed by atoms with van der Waals surface area (Å²) >= 11 is 0. The second-order valence-electron chi connectivity index (χ2n) is 4.60. The number of nitrogens with zero attached hydrogens (tertiary/aromatic N) is 1. The fourth-order valence-corrected chi connectivity index (χ4v) is 1.79. The van der Waals surface area contributed by atoms with Crippen LogP contribution in [0.1, 0.15) is 18.9 Å². The van der Waals surface area contributed by atoms with E-state index < -0.39 is 0 Å². The van der Waals surface area contributed by atoms with Gasteiger partial charge in [0.1, 0.15) is 5.82 Å². The molecule has 0 heterocycles. The van der Waals surface area contributed by atoms with Crippen LogP contribution in [-0.4, -0.2) is 32.3 Å². The van der Waals surface area contributed by atoms with Gasteiger partial charge < -0.3 is 10.1 Å². The summed E-state index contributed by atoms with van der Waals surface area (Å²) in [6, 6.07) is 6.61. The zero-order chi connectivity index (χ0) is 14.8. The van der Waals surface area contributed by atoms with Gasteiger partial charge in [0.15, 0.2) is 0 Å². The lowest BCUT2D eigenvalue weighted by atomic mass is 10.1. The van der Waals surface area contributed by atoms with Crippen LogP contribution in [0.2, 0.25) is 0 Å². The molecule has 1 rings (SSSR count). The molecular weight excluding hydrogens is 259 g/mol. The van der Waals surface area contributed by atoms with Crippen molar-refractivity contribution in [1.82, 2.24) is 10.7 Å². The molecule has 0 aliphatic carbocycles. The molecule has 0 aromatic heterocycles. The molecule has 112 valence electrons. The third-order valence-electron chi connectivity index (χ3n) is 2.75. The maximum Gasteiger partial charge on any atom is 0.205 e. The molecular formula is C14H23FN4O. The molecule has 0 bridgehead atoms. The number of ether oxygens (including phenoxy) is 1. The van der Waals surface area contributed by atoms with Gasteiger partial charge in [-0.2, -0.15) is 0 Å². The molecule has 1 unspecified atom stereocenters. The molecule has 0 fully saturated rings. The zero-order valence-electron chi connectivity index (χ0n) is 12.0. The van der Waals surface area contributed by atoms with E-state index in [4.69, 9.17) is 10.6 Å². The molecule has 0 saturated carbocycles. The number of hydrogen-bond donors (Lipinski definition) is 3. The van der Waals surface area contributed by atoms with E-state index in [0.717, 1.165) is 18.4 Å². The van der Waals surface area contributed by atoms with Crippen molar-refractivity contribution in [3.63, 3.8) is 0 Å². The highest BCUT2D eigenvalue weighted by atomic mass is 19.1. The number of methoxy groups -OCH3 is 1. The fourth-order valence-electron chi connectivity index (χ4n) is 1.79. The molecule has 0 spiro atoms. The Morgan fingerprint density at radius 1 is 1.40 bits per heavy atom. The van der Waals surface area contributed by atoms with Gasteiger partial charge in [0.2, 0.25) is 5.96 Å². The predicted octanol–water partition coefficient (Wildman–Crippen LogP) is 1.20. The number of nitrogens with two attached hydrogens (primary N) is 1. The number of nitrogens with one attached hydrogen (secondary N) is 2. The summed E-state index contributed by atoms with van der Waals surface area (Å²) in [5.74, 6) is 5.75. The number of rotatable bonds is 7. The van der Waals surface area contributed by atoms with E-state index in [9.17, 15) is 4.39 Å². The van der Waals surface area contributed by atoms with Crippen LogP contribution >= 0.6 is 0 Å². The van der Waals surface area contributed by atoms with Crippen molar-refractivity contribution in [2.24, 2.45) is 10.8 Å². The minimum atomic E-state index is -0.224. The molecule has 0 amide bonds. The largest absolute Gasteiger partial charge is 0.385 e. The van der Waals surface area contributed by atoms with Gasteiger partial charge in [-0.15, -0.1) is 0 Å². The molecule has 0 saturated heterocycles. The van der Waals surface area contributed by atoms with E-state index in [1.54, 1.807) is 19.2 Å². The highest BCUT2D eigenvalue weighted by molar-refractivity contribution is 5.79. The minimum Gasteiger partial charge on any atom is -0.385 e. The molecule has 6 heteroatoms. The number of aliphatic imine (C=N–C) groups is 1. The lowest BCUT2D eigenvalue weighted by Crippen LogP contribution is -2.46. The van der Waals surface area contributed by atoms with Crippen molar-refractivity contribution in [3.05, 3.63) is 35.6 Å². The Bertz CT molecular complexity index is 408. The van der Waals surface area contributed by atoms with Crippen molar-refractivity contribution in [1.29, 1.82) is 0 Å². The van der Waals surface area contributed by atoms with Gasteiger partial charge in [-0.1, -0.05) is 12.1 Å². The number of hydrogen-bond acceptors (Lipinski definition) is 3. The standard InChI is InChI=1S/C14H23FN4O/c1-11(10-12-4-6-13(15)7-5-12)18-14(19-16)17-8-3-9-20-2/h4-7,11H,3,8-10,16H2,1-2H3,(H2,17,18,19). The molecule has 0 aliphatic heterocycles. The number of hydrazine groups is 1. The third kappa shape index (κ3) is 6.49. The van der Waals surface area contributed by atoms with Crippen molar-refractivity contribution in [3.8, 4) is 0 Å². The molecule has 1 aromatic carbocycles. The topological polar surface area (TPSA) is 71.7 Å². The molecule has 0 radical (unpaired) electrons. The van der Waals surface area contributed by atoms with Gasteiger partial charge in [-0.25, -0.2) is 10.2 Å². The smallest absolute Gasteiger partial charge is 0.205 e.